The van der Waals surface area contributed by atoms with Crippen LogP contribution < -0.4 is 35.5 Å². The zero-order chi connectivity index (χ0) is 69.7. The number of nitrogens with one attached hydrogen (secondary N) is 6. The predicted octanol–water partition coefficient (Wildman–Crippen LogP) is 10.4. The monoisotopic (exact) mass is 1400 g/mol. The van der Waals surface area contributed by atoms with Crippen LogP contribution in [-0.2, 0) is 68.5 Å². The fraction of sp³-hybridized carbons (Fsp3) is 0.686. The summed E-state index contributed by atoms with van der Waals surface area (Å²) in [5, 5.41) is 16.4. The van der Waals surface area contributed by atoms with E-state index in [9.17, 15) is 47.9 Å². The van der Waals surface area contributed by atoms with Crippen LogP contribution >= 0.6 is 0 Å². The Balaban J connectivity index is 2.50. The van der Waals surface area contributed by atoms with Crippen molar-refractivity contribution in [3.05, 3.63) is 65.7 Å². The Morgan fingerprint density at radius 1 is 0.402 bits per heavy atom. The molecule has 2 aromatic rings. The van der Waals surface area contributed by atoms with Crippen molar-refractivity contribution in [1.82, 2.24) is 31.9 Å². The van der Waals surface area contributed by atoms with Gasteiger partial charge < -0.3 is 34.9 Å². The van der Waals surface area contributed by atoms with Gasteiger partial charge in [-0.1, -0.05) is 30.3 Å². The predicted molar refractivity (Wildman–Crippen MR) is 359 cm³/mol. The van der Waals surface area contributed by atoms with Crippen LogP contribution in [0.1, 0.15) is 237 Å². The summed E-state index contributed by atoms with van der Waals surface area (Å²) in [7, 11) is 0. The van der Waals surface area contributed by atoms with Crippen molar-refractivity contribution in [3.63, 3.8) is 0 Å². The molecule has 22 heteroatoms. The number of amides is 6. The topological polar surface area (TPSA) is 289 Å². The van der Waals surface area contributed by atoms with Crippen molar-refractivity contribution in [2.75, 3.05) is 6.54 Å². The molecule has 92 heavy (non-hydrogen) atoms. The van der Waals surface area contributed by atoms with Crippen molar-refractivity contribution < 1.29 is 71.6 Å². The van der Waals surface area contributed by atoms with Gasteiger partial charge in [0.15, 0.2) is 0 Å². The maximum atomic E-state index is 14.7. The van der Waals surface area contributed by atoms with E-state index in [2.05, 4.69) is 64.8 Å². The van der Waals surface area contributed by atoms with Crippen molar-refractivity contribution in [3.8, 4) is 0 Å². The normalized spacial score (nSPS) is 13.8. The quantitative estimate of drug-likeness (QED) is 0.0159. The standard InChI is InChI=1S/C58H87N6O15.3C4H9.Sn/c1-54(2,3)75-44(65)32-29-39(60-47(68)38-26-20-17-21-27-38)49(70)61-40(30-33-45(66)76-55(4,5)6)50(71)62-43(36-37-24-18-16-19-25-37)48(69)59-35-23-22-28-41(51(72)78-57(10,11)12)63-53(74)64-42(52(73)79-58(13,14)15)31-34-46(67)77-56(7,8)9;3*1-3-4-2;/h16,18-21,24-27,39-43H,22-23,28-36H2,1-15H3,(H,59,69)(H,60,68)(H,61,70)(H,62,71)(H2,63,64,74);3*1,3-4H2,2H3;/t39-,40-,41-,42-,43-;;;;/m0..../s1. The molecular formula is C70H114N6O15Sn. The van der Waals surface area contributed by atoms with Gasteiger partial charge >= 0.3 is 261 Å². The summed E-state index contributed by atoms with van der Waals surface area (Å²) in [5.41, 5.74) is -3.37. The Morgan fingerprint density at radius 2 is 0.783 bits per heavy atom. The zero-order valence-electron chi connectivity index (χ0n) is 58.8. The molecule has 0 aromatic heterocycles. The van der Waals surface area contributed by atoms with E-state index in [0.717, 1.165) is 38.5 Å². The van der Waals surface area contributed by atoms with Crippen LogP contribution in [0.15, 0.2) is 54.6 Å². The summed E-state index contributed by atoms with van der Waals surface area (Å²) in [6.45, 7) is 32.0. The Hall–Kier alpha value is -6.26. The van der Waals surface area contributed by atoms with Crippen LogP contribution in [0.2, 0.25) is 13.3 Å². The number of unbranched alkanes of at least 4 members (excludes halogenated alkanes) is 4. The zero-order valence-corrected chi connectivity index (χ0v) is 61.7. The third-order valence-electron chi connectivity index (χ3n) is 14.3. The molecule has 2 rings (SSSR count). The number of hydrogen-bond donors (Lipinski definition) is 6. The average molecular weight is 1400 g/mol. The van der Waals surface area contributed by atoms with Crippen LogP contribution in [0.3, 0.4) is 0 Å². The Bertz CT molecular complexity index is 2670. The Labute approximate surface area is 553 Å². The molecule has 0 saturated carbocycles. The van der Waals surface area contributed by atoms with E-state index in [1.807, 2.05) is 12.1 Å². The van der Waals surface area contributed by atoms with Crippen molar-refractivity contribution in [2.45, 2.75) is 299 Å². The summed E-state index contributed by atoms with van der Waals surface area (Å²) in [4.78, 5) is 138. The van der Waals surface area contributed by atoms with Gasteiger partial charge in [0.25, 0.3) is 0 Å². The second-order valence-electron chi connectivity index (χ2n) is 29.0. The van der Waals surface area contributed by atoms with E-state index in [0.29, 0.717) is 11.1 Å². The van der Waals surface area contributed by atoms with Crippen LogP contribution in [0, 0.1) is 0 Å². The number of esters is 5. The molecule has 0 radical (unpaired) electrons. The van der Waals surface area contributed by atoms with Gasteiger partial charge in [-0.15, -0.1) is 0 Å². The number of rotatable bonds is 37. The van der Waals surface area contributed by atoms with Crippen molar-refractivity contribution in [1.29, 1.82) is 0 Å². The van der Waals surface area contributed by atoms with E-state index in [4.69, 9.17) is 23.7 Å². The maximum absolute atomic E-state index is 14.7. The van der Waals surface area contributed by atoms with E-state index < -0.39 is 136 Å². The molecule has 21 nitrogen and oxygen atoms in total. The summed E-state index contributed by atoms with van der Waals surface area (Å²) in [5.74, 6) is -6.22. The molecule has 0 aliphatic carbocycles. The van der Waals surface area contributed by atoms with Crippen molar-refractivity contribution >= 4 is 81.5 Å². The number of carbonyl (C=O) groups excluding carboxylic acids is 10. The van der Waals surface area contributed by atoms with Gasteiger partial charge in [-0.2, -0.15) is 0 Å². The summed E-state index contributed by atoms with van der Waals surface area (Å²) in [6.07, 6.45) is 5.91. The number of carbonyl (C=O) groups is 10. The summed E-state index contributed by atoms with van der Waals surface area (Å²) < 4.78 is 32.8. The molecule has 0 spiro atoms. The van der Waals surface area contributed by atoms with Crippen LogP contribution in [0.4, 0.5) is 4.79 Å². The Morgan fingerprint density at radius 3 is 1.18 bits per heavy atom. The first-order valence-corrected chi connectivity index (χ1v) is 40.7. The number of urea groups is 1. The van der Waals surface area contributed by atoms with E-state index in [1.165, 1.54) is 16.9 Å². The summed E-state index contributed by atoms with van der Waals surface area (Å²) in [6, 6.07) is 9.23. The van der Waals surface area contributed by atoms with Gasteiger partial charge in [-0.05, 0) is 135 Å². The molecule has 5 atom stereocenters. The van der Waals surface area contributed by atoms with E-state index in [1.54, 1.807) is 134 Å². The average Bonchev–Trinajstić information content (AvgIpc) is 0.827. The van der Waals surface area contributed by atoms with Crippen LogP contribution in [-0.4, -0.2) is 143 Å². The Kier molecular flexibility index (Phi) is 34.5. The van der Waals surface area contributed by atoms with Crippen molar-refractivity contribution in [2.24, 2.45) is 0 Å². The fourth-order valence-corrected chi connectivity index (χ4v) is 26.0. The van der Waals surface area contributed by atoms with E-state index >= 15 is 0 Å². The van der Waals surface area contributed by atoms with Gasteiger partial charge in [0, 0.05) is 19.4 Å². The van der Waals surface area contributed by atoms with Crippen LogP contribution in [0.25, 0.3) is 0 Å². The second-order valence-corrected chi connectivity index (χ2v) is 42.2. The third-order valence-corrected chi connectivity index (χ3v) is 30.0. The summed E-state index contributed by atoms with van der Waals surface area (Å²) >= 11 is -2.88. The number of benzene rings is 2. The first kappa shape index (κ1) is 81.8. The molecule has 0 unspecified atom stereocenters. The molecule has 0 fully saturated rings. The SMILES string of the molecule is CCC[CH2][Sn]([CH2]CCC)([CH2]CCC)[c]1ccc(C(=O)N[C@@H](CCC(=O)OC(C)(C)C)C(=O)N[C@@H](CCC(=O)OC(C)(C)C)C(=O)N[C@@H](Cc2ccccc2)C(=O)NCCCC[C@H](NC(=O)N[C@@H](CCC(=O)OC(C)(C)C)C(=O)OC(C)(C)C)C(=O)OC(C)(C)C)cc1. The molecular weight excluding hydrogens is 1280 g/mol. The van der Waals surface area contributed by atoms with E-state index in [-0.39, 0.29) is 70.8 Å². The molecule has 0 aliphatic rings. The molecule has 2 aromatic carbocycles. The third kappa shape index (κ3) is 34.6. The number of ether oxygens (including phenoxy) is 5. The molecule has 518 valence electrons. The van der Waals surface area contributed by atoms with Crippen LogP contribution in [0.5, 0.6) is 0 Å². The van der Waals surface area contributed by atoms with Gasteiger partial charge in [0.2, 0.25) is 5.91 Å². The minimum atomic E-state index is -2.88. The molecule has 6 amide bonds. The first-order valence-electron chi connectivity index (χ1n) is 33.2. The van der Waals surface area contributed by atoms with Gasteiger partial charge in [-0.25, -0.2) is 14.4 Å². The van der Waals surface area contributed by atoms with Gasteiger partial charge in [-0.3, -0.25) is 14.4 Å². The fourth-order valence-electron chi connectivity index (χ4n) is 10.1. The minimum absolute atomic E-state index is 0.00101. The number of hydrogen-bond acceptors (Lipinski definition) is 15. The van der Waals surface area contributed by atoms with Gasteiger partial charge in [0.05, 0.1) is 0 Å². The van der Waals surface area contributed by atoms with Gasteiger partial charge in [0.1, 0.15) is 40.5 Å². The molecule has 6 N–H and O–H groups in total. The molecule has 0 saturated heterocycles. The molecule has 0 heterocycles. The molecule has 0 aliphatic heterocycles. The second kappa shape index (κ2) is 38.8. The first-order chi connectivity index (χ1) is 42.7. The molecule has 0 bridgehead atoms.